The number of para-hydroxylation sites is 2. The number of hydrogen-bond acceptors (Lipinski definition) is 5. The predicted octanol–water partition coefficient (Wildman–Crippen LogP) is 1.12. The molecule has 0 radical (unpaired) electrons. The number of rotatable bonds is 3. The number of amides is 5. The van der Waals surface area contributed by atoms with Gasteiger partial charge in [-0.05, 0) is 42.3 Å². The fourth-order valence-corrected chi connectivity index (χ4v) is 4.40. The Kier molecular flexibility index (Phi) is 4.21. The average molecular weight is 420 g/mol. The van der Waals surface area contributed by atoms with E-state index in [-0.39, 0.29) is 24.3 Å². The van der Waals surface area contributed by atoms with Crippen LogP contribution < -0.4 is 25.6 Å². The van der Waals surface area contributed by atoms with Gasteiger partial charge in [-0.3, -0.25) is 24.6 Å². The second-order valence-corrected chi connectivity index (χ2v) is 8.03. The molecule has 31 heavy (non-hydrogen) atoms. The standard InChI is InChI=1S/C22H20N4O5/c1-12-19(28)26(16-4-2-3-5-17(16)31-12)11-18(27)23-15-7-6-13-9-22(10-14(13)8-15)20(29)24-21(30)25-22/h2-8,12H,9-11H2,1H3,(H,23,27)(H2,24,25,29,30). The van der Waals surface area contributed by atoms with Crippen LogP contribution in [-0.4, -0.2) is 41.9 Å². The number of nitrogens with zero attached hydrogens (tertiary/aromatic N) is 1. The molecule has 0 saturated carbocycles. The zero-order valence-electron chi connectivity index (χ0n) is 16.7. The Morgan fingerprint density at radius 2 is 1.94 bits per heavy atom. The highest BCUT2D eigenvalue weighted by molar-refractivity contribution is 6.08. The minimum atomic E-state index is -0.956. The fourth-order valence-electron chi connectivity index (χ4n) is 4.40. The van der Waals surface area contributed by atoms with Gasteiger partial charge in [0, 0.05) is 18.5 Å². The number of carbonyl (C=O) groups is 4. The Bertz CT molecular complexity index is 1150. The summed E-state index contributed by atoms with van der Waals surface area (Å²) in [6, 6.07) is 12.0. The molecule has 2 aromatic carbocycles. The van der Waals surface area contributed by atoms with Gasteiger partial charge in [0.1, 0.15) is 17.8 Å². The van der Waals surface area contributed by atoms with Crippen LogP contribution in [0.3, 0.4) is 0 Å². The van der Waals surface area contributed by atoms with E-state index in [4.69, 9.17) is 4.74 Å². The summed E-state index contributed by atoms with van der Waals surface area (Å²) >= 11 is 0. The molecule has 5 rings (SSSR count). The summed E-state index contributed by atoms with van der Waals surface area (Å²) in [7, 11) is 0. The first kappa shape index (κ1) is 19.1. The number of carbonyl (C=O) groups excluding carboxylic acids is 4. The van der Waals surface area contributed by atoms with Crippen molar-refractivity contribution in [2.24, 2.45) is 0 Å². The van der Waals surface area contributed by atoms with Crippen LogP contribution in [0.5, 0.6) is 5.75 Å². The third kappa shape index (κ3) is 3.18. The van der Waals surface area contributed by atoms with Crippen molar-refractivity contribution in [3.63, 3.8) is 0 Å². The highest BCUT2D eigenvalue weighted by Gasteiger charge is 2.50. The number of ether oxygens (including phenoxy) is 1. The lowest BCUT2D eigenvalue weighted by Crippen LogP contribution is -2.47. The number of imide groups is 1. The minimum absolute atomic E-state index is 0.150. The molecule has 9 nitrogen and oxygen atoms in total. The number of nitrogens with one attached hydrogen (secondary N) is 3. The first-order chi connectivity index (χ1) is 14.8. The molecule has 2 aromatic rings. The number of benzene rings is 2. The average Bonchev–Trinajstić information content (AvgIpc) is 3.22. The molecule has 3 N–H and O–H groups in total. The molecule has 2 unspecified atom stereocenters. The maximum atomic E-state index is 12.7. The zero-order valence-corrected chi connectivity index (χ0v) is 16.7. The quantitative estimate of drug-likeness (QED) is 0.644. The summed E-state index contributed by atoms with van der Waals surface area (Å²) in [4.78, 5) is 50.5. The van der Waals surface area contributed by atoms with Crippen LogP contribution in [0.25, 0.3) is 0 Å². The van der Waals surface area contributed by atoms with Gasteiger partial charge >= 0.3 is 6.03 Å². The van der Waals surface area contributed by atoms with E-state index in [0.29, 0.717) is 30.0 Å². The Labute approximate surface area is 177 Å². The van der Waals surface area contributed by atoms with Gasteiger partial charge in [0.25, 0.3) is 11.8 Å². The first-order valence-electron chi connectivity index (χ1n) is 9.97. The van der Waals surface area contributed by atoms with Crippen LogP contribution in [0.1, 0.15) is 18.1 Å². The van der Waals surface area contributed by atoms with E-state index in [1.165, 1.54) is 4.90 Å². The molecule has 5 amide bonds. The van der Waals surface area contributed by atoms with Crippen LogP contribution in [0, 0.1) is 0 Å². The van der Waals surface area contributed by atoms with Crippen molar-refractivity contribution in [2.45, 2.75) is 31.4 Å². The fraction of sp³-hybridized carbons (Fsp3) is 0.273. The maximum Gasteiger partial charge on any atom is 0.322 e. The van der Waals surface area contributed by atoms with E-state index in [9.17, 15) is 19.2 Å². The molecule has 0 aromatic heterocycles. The summed E-state index contributed by atoms with van der Waals surface area (Å²) < 4.78 is 5.60. The summed E-state index contributed by atoms with van der Waals surface area (Å²) in [6.45, 7) is 1.50. The Morgan fingerprint density at radius 1 is 1.16 bits per heavy atom. The summed E-state index contributed by atoms with van der Waals surface area (Å²) in [6.07, 6.45) is 0.0910. The van der Waals surface area contributed by atoms with E-state index in [0.717, 1.165) is 11.1 Å². The predicted molar refractivity (Wildman–Crippen MR) is 111 cm³/mol. The van der Waals surface area contributed by atoms with Crippen LogP contribution >= 0.6 is 0 Å². The lowest BCUT2D eigenvalue weighted by molar-refractivity contribution is -0.127. The van der Waals surface area contributed by atoms with Crippen molar-refractivity contribution < 1.29 is 23.9 Å². The molecule has 1 saturated heterocycles. The van der Waals surface area contributed by atoms with Gasteiger partial charge in [-0.25, -0.2) is 4.79 Å². The first-order valence-corrected chi connectivity index (χ1v) is 9.97. The number of hydrogen-bond donors (Lipinski definition) is 3. The van der Waals surface area contributed by atoms with Gasteiger partial charge in [-0.2, -0.15) is 0 Å². The highest BCUT2D eigenvalue weighted by atomic mass is 16.5. The Hall–Kier alpha value is -3.88. The van der Waals surface area contributed by atoms with Crippen molar-refractivity contribution in [1.82, 2.24) is 10.6 Å². The third-order valence-corrected chi connectivity index (χ3v) is 5.86. The second-order valence-electron chi connectivity index (χ2n) is 8.03. The van der Waals surface area contributed by atoms with E-state index in [1.807, 2.05) is 12.1 Å². The molecule has 1 aliphatic carbocycles. The summed E-state index contributed by atoms with van der Waals surface area (Å²) in [5.74, 6) is -0.412. The monoisotopic (exact) mass is 420 g/mol. The van der Waals surface area contributed by atoms with Gasteiger partial charge in [0.15, 0.2) is 6.10 Å². The number of anilines is 2. The molecule has 2 aliphatic heterocycles. The molecule has 9 heteroatoms. The Morgan fingerprint density at radius 3 is 2.71 bits per heavy atom. The molecule has 158 valence electrons. The largest absolute Gasteiger partial charge is 0.479 e. The number of fused-ring (bicyclic) bond motifs is 2. The molecule has 2 heterocycles. The van der Waals surface area contributed by atoms with E-state index >= 15 is 0 Å². The zero-order chi connectivity index (χ0) is 21.8. The third-order valence-electron chi connectivity index (χ3n) is 5.86. The minimum Gasteiger partial charge on any atom is -0.479 e. The SMILES string of the molecule is CC1Oc2ccccc2N(CC(=O)Nc2ccc3c(c2)CC2(C3)NC(=O)NC2=O)C1=O. The van der Waals surface area contributed by atoms with Crippen molar-refractivity contribution in [1.29, 1.82) is 0 Å². The Balaban J connectivity index is 1.31. The molecule has 3 aliphatic rings. The van der Waals surface area contributed by atoms with Gasteiger partial charge in [0.2, 0.25) is 5.91 Å². The molecule has 2 atom stereocenters. The van der Waals surface area contributed by atoms with Crippen molar-refractivity contribution in [3.8, 4) is 5.75 Å². The van der Waals surface area contributed by atoms with Crippen molar-refractivity contribution >= 4 is 35.1 Å². The molecule has 1 fully saturated rings. The highest BCUT2D eigenvalue weighted by Crippen LogP contribution is 2.35. The lowest BCUT2D eigenvalue weighted by Gasteiger charge is -2.32. The van der Waals surface area contributed by atoms with Crippen LogP contribution in [0.15, 0.2) is 42.5 Å². The number of urea groups is 1. The smallest absolute Gasteiger partial charge is 0.322 e. The van der Waals surface area contributed by atoms with Crippen molar-refractivity contribution in [2.75, 3.05) is 16.8 Å². The molecule has 0 bridgehead atoms. The van der Waals surface area contributed by atoms with Gasteiger partial charge in [0.05, 0.1) is 5.69 Å². The normalized spacial score (nSPS) is 23.7. The van der Waals surface area contributed by atoms with Crippen LogP contribution in [0.4, 0.5) is 16.2 Å². The van der Waals surface area contributed by atoms with Gasteiger partial charge in [-0.15, -0.1) is 0 Å². The van der Waals surface area contributed by atoms with E-state index in [1.54, 1.807) is 37.3 Å². The van der Waals surface area contributed by atoms with E-state index in [2.05, 4.69) is 16.0 Å². The summed E-state index contributed by atoms with van der Waals surface area (Å²) in [5, 5.41) is 7.82. The van der Waals surface area contributed by atoms with Crippen LogP contribution in [0.2, 0.25) is 0 Å². The summed E-state index contributed by atoms with van der Waals surface area (Å²) in [5.41, 5.74) is 1.99. The molecule has 1 spiro atoms. The van der Waals surface area contributed by atoms with E-state index < -0.39 is 17.7 Å². The maximum absolute atomic E-state index is 12.7. The molecular formula is C22H20N4O5. The van der Waals surface area contributed by atoms with Crippen molar-refractivity contribution in [3.05, 3.63) is 53.6 Å². The van der Waals surface area contributed by atoms with Gasteiger partial charge < -0.3 is 15.4 Å². The van der Waals surface area contributed by atoms with Gasteiger partial charge in [-0.1, -0.05) is 18.2 Å². The molecular weight excluding hydrogens is 400 g/mol. The topological polar surface area (TPSA) is 117 Å². The lowest BCUT2D eigenvalue weighted by atomic mass is 9.96. The van der Waals surface area contributed by atoms with Crippen LogP contribution in [-0.2, 0) is 27.2 Å². The second kappa shape index (κ2) is 6.83.